The third-order valence-corrected chi connectivity index (χ3v) is 6.67. The van der Waals surface area contributed by atoms with Gasteiger partial charge in [-0.3, -0.25) is 4.79 Å². The molecule has 154 valence electrons. The van der Waals surface area contributed by atoms with E-state index in [1.165, 1.54) is 10.4 Å². The van der Waals surface area contributed by atoms with E-state index in [0.29, 0.717) is 29.4 Å². The predicted molar refractivity (Wildman–Crippen MR) is 114 cm³/mol. The smallest absolute Gasteiger partial charge is 0.255 e. The standard InChI is InChI=1S/C21H22N2O4S.H2O/c1-3-23(4-2)28(26,27)19-14-18(24)20(17-13-9-8-12-16(17)19)22-21(25)15-10-6-5-7-11-15;/h5-14,24H,3-4H2,1-2H3,(H,22,25);1H2. The lowest BCUT2D eigenvalue weighted by atomic mass is 10.1. The molecule has 0 atom stereocenters. The normalized spacial score (nSPS) is 11.3. The van der Waals surface area contributed by atoms with E-state index in [1.807, 2.05) is 0 Å². The third-order valence-electron chi connectivity index (χ3n) is 4.58. The van der Waals surface area contributed by atoms with Crippen LogP contribution < -0.4 is 5.32 Å². The SMILES string of the molecule is CCN(CC)S(=O)(=O)c1cc(O)c(NC(=O)c2ccccc2)c2ccccc12.O. The Labute approximate surface area is 170 Å². The van der Waals surface area contributed by atoms with Gasteiger partial charge in [0.25, 0.3) is 5.91 Å². The topological polar surface area (TPSA) is 118 Å². The molecular formula is C21H24N2O5S. The summed E-state index contributed by atoms with van der Waals surface area (Å²) in [5.74, 6) is -0.686. The van der Waals surface area contributed by atoms with Crippen molar-refractivity contribution in [3.05, 3.63) is 66.2 Å². The van der Waals surface area contributed by atoms with Crippen molar-refractivity contribution in [3.8, 4) is 5.75 Å². The molecule has 0 aliphatic heterocycles. The summed E-state index contributed by atoms with van der Waals surface area (Å²) >= 11 is 0. The van der Waals surface area contributed by atoms with Gasteiger partial charge in [-0.25, -0.2) is 8.42 Å². The lowest BCUT2D eigenvalue weighted by Gasteiger charge is -2.21. The number of nitrogens with zero attached hydrogens (tertiary/aromatic N) is 1. The fourth-order valence-corrected chi connectivity index (χ4v) is 4.83. The van der Waals surface area contributed by atoms with Gasteiger partial charge in [0.1, 0.15) is 5.75 Å². The van der Waals surface area contributed by atoms with Crippen molar-refractivity contribution in [1.29, 1.82) is 0 Å². The van der Waals surface area contributed by atoms with Gasteiger partial charge in [-0.05, 0) is 12.1 Å². The second kappa shape index (κ2) is 9.04. The molecule has 0 spiro atoms. The summed E-state index contributed by atoms with van der Waals surface area (Å²) in [7, 11) is -3.79. The van der Waals surface area contributed by atoms with Crippen molar-refractivity contribution in [1.82, 2.24) is 4.31 Å². The maximum absolute atomic E-state index is 13.0. The van der Waals surface area contributed by atoms with Crippen LogP contribution in [0.2, 0.25) is 0 Å². The highest BCUT2D eigenvalue weighted by molar-refractivity contribution is 7.89. The number of anilines is 1. The summed E-state index contributed by atoms with van der Waals surface area (Å²) in [4.78, 5) is 12.6. The van der Waals surface area contributed by atoms with Gasteiger partial charge >= 0.3 is 0 Å². The van der Waals surface area contributed by atoms with E-state index in [-0.39, 0.29) is 27.7 Å². The lowest BCUT2D eigenvalue weighted by Crippen LogP contribution is -2.30. The van der Waals surface area contributed by atoms with Crippen molar-refractivity contribution in [2.45, 2.75) is 18.7 Å². The first kappa shape index (κ1) is 22.4. The minimum absolute atomic E-state index is 0. The maximum Gasteiger partial charge on any atom is 0.255 e. The fraction of sp³-hybridized carbons (Fsp3) is 0.190. The molecule has 0 unspecified atom stereocenters. The number of carbonyl (C=O) groups excluding carboxylic acids is 1. The summed E-state index contributed by atoms with van der Waals surface area (Å²) in [6, 6.07) is 16.6. The summed E-state index contributed by atoms with van der Waals surface area (Å²) in [6.07, 6.45) is 0. The highest BCUT2D eigenvalue weighted by Gasteiger charge is 2.26. The first-order valence-electron chi connectivity index (χ1n) is 9.01. The second-order valence-corrected chi connectivity index (χ2v) is 8.13. The molecule has 0 aliphatic carbocycles. The van der Waals surface area contributed by atoms with Crippen LogP contribution >= 0.6 is 0 Å². The summed E-state index contributed by atoms with van der Waals surface area (Å²) < 4.78 is 27.4. The van der Waals surface area contributed by atoms with Gasteiger partial charge < -0.3 is 15.9 Å². The number of hydrogen-bond acceptors (Lipinski definition) is 4. The predicted octanol–water partition coefficient (Wildman–Crippen LogP) is 3.00. The van der Waals surface area contributed by atoms with Gasteiger partial charge in [0.15, 0.2) is 0 Å². The van der Waals surface area contributed by atoms with Crippen molar-refractivity contribution in [2.75, 3.05) is 18.4 Å². The average molecular weight is 416 g/mol. The minimum atomic E-state index is -3.79. The Bertz CT molecular complexity index is 1110. The molecule has 0 heterocycles. The zero-order chi connectivity index (χ0) is 20.3. The Balaban J connectivity index is 0.00000300. The van der Waals surface area contributed by atoms with E-state index in [2.05, 4.69) is 5.32 Å². The van der Waals surface area contributed by atoms with E-state index in [0.717, 1.165) is 0 Å². The van der Waals surface area contributed by atoms with Crippen LogP contribution in [0.4, 0.5) is 5.69 Å². The number of fused-ring (bicyclic) bond motifs is 1. The Morgan fingerprint density at radius 2 is 1.52 bits per heavy atom. The number of benzene rings is 3. The maximum atomic E-state index is 13.0. The molecule has 1 amide bonds. The zero-order valence-electron chi connectivity index (χ0n) is 16.2. The number of aromatic hydroxyl groups is 1. The van der Waals surface area contributed by atoms with Gasteiger partial charge in [-0.1, -0.05) is 56.3 Å². The molecule has 3 rings (SSSR count). The lowest BCUT2D eigenvalue weighted by molar-refractivity contribution is 0.102. The molecular weight excluding hydrogens is 392 g/mol. The van der Waals surface area contributed by atoms with Gasteiger partial charge in [0, 0.05) is 35.5 Å². The highest BCUT2D eigenvalue weighted by Crippen LogP contribution is 2.38. The molecule has 0 saturated carbocycles. The first-order valence-corrected chi connectivity index (χ1v) is 10.4. The molecule has 3 aromatic rings. The van der Waals surface area contributed by atoms with Crippen LogP contribution in [-0.2, 0) is 10.0 Å². The molecule has 0 saturated heterocycles. The number of sulfonamides is 1. The number of hydrogen-bond donors (Lipinski definition) is 2. The number of rotatable bonds is 6. The van der Waals surface area contributed by atoms with Crippen molar-refractivity contribution >= 4 is 32.4 Å². The monoisotopic (exact) mass is 416 g/mol. The number of phenols is 1. The van der Waals surface area contributed by atoms with Crippen LogP contribution in [0.1, 0.15) is 24.2 Å². The van der Waals surface area contributed by atoms with E-state index in [4.69, 9.17) is 0 Å². The van der Waals surface area contributed by atoms with Gasteiger partial charge in [0.05, 0.1) is 10.6 Å². The van der Waals surface area contributed by atoms with Crippen LogP contribution in [0, 0.1) is 0 Å². The zero-order valence-corrected chi connectivity index (χ0v) is 17.0. The average Bonchev–Trinajstić information content (AvgIpc) is 2.71. The quantitative estimate of drug-likeness (QED) is 0.600. The molecule has 4 N–H and O–H groups in total. The highest BCUT2D eigenvalue weighted by atomic mass is 32.2. The number of nitrogens with one attached hydrogen (secondary N) is 1. The molecule has 0 bridgehead atoms. The Hall–Kier alpha value is -2.94. The molecule has 0 aliphatic rings. The van der Waals surface area contributed by atoms with Crippen molar-refractivity contribution in [2.24, 2.45) is 0 Å². The van der Waals surface area contributed by atoms with Crippen LogP contribution in [0.25, 0.3) is 10.8 Å². The number of amides is 1. The summed E-state index contributed by atoms with van der Waals surface area (Å²) in [5.41, 5.74) is 0.619. The van der Waals surface area contributed by atoms with E-state index in [9.17, 15) is 18.3 Å². The van der Waals surface area contributed by atoms with Crippen molar-refractivity contribution < 1.29 is 23.8 Å². The number of carbonyl (C=O) groups is 1. The third kappa shape index (κ3) is 4.24. The Morgan fingerprint density at radius 3 is 2.10 bits per heavy atom. The molecule has 0 fully saturated rings. The Morgan fingerprint density at radius 1 is 0.966 bits per heavy atom. The van der Waals surface area contributed by atoms with Gasteiger partial charge in [-0.2, -0.15) is 4.31 Å². The molecule has 3 aromatic carbocycles. The fourth-order valence-electron chi connectivity index (χ4n) is 3.15. The molecule has 0 aromatic heterocycles. The summed E-state index contributed by atoms with van der Waals surface area (Å²) in [5, 5.41) is 14.2. The molecule has 7 nitrogen and oxygen atoms in total. The van der Waals surface area contributed by atoms with E-state index >= 15 is 0 Å². The first-order chi connectivity index (χ1) is 13.4. The largest absolute Gasteiger partial charge is 0.506 e. The van der Waals surface area contributed by atoms with E-state index < -0.39 is 10.0 Å². The molecule has 8 heteroatoms. The minimum Gasteiger partial charge on any atom is -0.506 e. The van der Waals surface area contributed by atoms with Crippen LogP contribution in [0.15, 0.2) is 65.6 Å². The van der Waals surface area contributed by atoms with Gasteiger partial charge in [0.2, 0.25) is 10.0 Å². The van der Waals surface area contributed by atoms with E-state index in [1.54, 1.807) is 68.4 Å². The number of phenolic OH excluding ortho intramolecular Hbond substituents is 1. The van der Waals surface area contributed by atoms with Crippen LogP contribution in [0.5, 0.6) is 5.75 Å². The van der Waals surface area contributed by atoms with Crippen LogP contribution in [-0.4, -0.2) is 42.3 Å². The Kier molecular flexibility index (Phi) is 6.97. The van der Waals surface area contributed by atoms with Gasteiger partial charge in [-0.15, -0.1) is 0 Å². The second-order valence-electron chi connectivity index (χ2n) is 6.22. The van der Waals surface area contributed by atoms with Crippen LogP contribution in [0.3, 0.4) is 0 Å². The molecule has 29 heavy (non-hydrogen) atoms. The van der Waals surface area contributed by atoms with Crippen molar-refractivity contribution in [3.63, 3.8) is 0 Å². The summed E-state index contributed by atoms with van der Waals surface area (Å²) in [6.45, 7) is 4.16. The molecule has 0 radical (unpaired) electrons.